The molecule has 1 aromatic heterocycles. The van der Waals surface area contributed by atoms with Crippen LogP contribution < -0.4 is 22.5 Å². The number of aliphatic hydroxyl groups excluding tert-OH is 1. The number of piperidine rings is 1. The number of β-amino-alcohol motifs (C(OH)–C–C–N with tert-alkyl or cyclic N) is 1. The first-order chi connectivity index (χ1) is 17.5. The highest BCUT2D eigenvalue weighted by Gasteiger charge is 2.31. The van der Waals surface area contributed by atoms with Crippen molar-refractivity contribution in [1.82, 2.24) is 24.3 Å². The van der Waals surface area contributed by atoms with Gasteiger partial charge in [-0.3, -0.25) is 19.6 Å². The number of carbonyl (C=O) groups excluding carboxylic acids is 2. The second-order valence-corrected chi connectivity index (χ2v) is 10.3. The third-order valence-corrected chi connectivity index (χ3v) is 6.78. The van der Waals surface area contributed by atoms with Crippen LogP contribution in [0.15, 0.2) is 41.3 Å². The molecule has 6 N–H and O–H groups in total. The lowest BCUT2D eigenvalue weighted by molar-refractivity contribution is -0.137. The van der Waals surface area contributed by atoms with Gasteiger partial charge in [-0.15, -0.1) is 12.4 Å². The predicted octanol–water partition coefficient (Wildman–Crippen LogP) is -0.0384. The largest absolute Gasteiger partial charge is 0.390 e. The van der Waals surface area contributed by atoms with Crippen molar-refractivity contribution in [3.63, 3.8) is 0 Å². The van der Waals surface area contributed by atoms with Crippen molar-refractivity contribution < 1.29 is 14.7 Å². The summed E-state index contributed by atoms with van der Waals surface area (Å²) < 4.78 is 1.40. The van der Waals surface area contributed by atoms with Crippen molar-refractivity contribution in [2.45, 2.75) is 44.5 Å². The first-order valence-corrected chi connectivity index (χ1v) is 12.5. The summed E-state index contributed by atoms with van der Waals surface area (Å²) in [5.74, 6) is 0.00669. The van der Waals surface area contributed by atoms with E-state index in [0.717, 1.165) is 18.5 Å². The molecule has 0 saturated carbocycles. The van der Waals surface area contributed by atoms with E-state index in [-0.39, 0.29) is 36.2 Å². The first-order valence-electron chi connectivity index (χ1n) is 12.5. The van der Waals surface area contributed by atoms with Gasteiger partial charge in [-0.1, -0.05) is 12.1 Å². The average Bonchev–Trinajstić information content (AvgIpc) is 2.86. The minimum Gasteiger partial charge on any atom is -0.390 e. The number of piperazine rings is 1. The van der Waals surface area contributed by atoms with E-state index >= 15 is 0 Å². The average molecular weight is 549 g/mol. The number of carbonyl (C=O) groups is 2. The number of aromatic nitrogens is 2. The van der Waals surface area contributed by atoms with E-state index < -0.39 is 17.3 Å². The molecule has 3 amide bonds. The first kappa shape index (κ1) is 29.5. The molecule has 12 nitrogen and oxygen atoms in total. The number of nitrogens with one attached hydrogen (secondary N) is 1. The van der Waals surface area contributed by atoms with Gasteiger partial charge in [0.25, 0.3) is 0 Å². The van der Waals surface area contributed by atoms with Crippen molar-refractivity contribution >= 4 is 30.2 Å². The maximum Gasteiger partial charge on any atom is 0.354 e. The second kappa shape index (κ2) is 12.2. The van der Waals surface area contributed by atoms with Gasteiger partial charge >= 0.3 is 11.7 Å². The maximum absolute atomic E-state index is 12.7. The number of nitrogens with two attached hydrogens (primary N) is 2. The number of aliphatic hydroxyl groups is 1. The molecule has 2 fully saturated rings. The highest BCUT2D eigenvalue weighted by Crippen LogP contribution is 2.16. The van der Waals surface area contributed by atoms with Crippen molar-refractivity contribution in [2.24, 2.45) is 11.5 Å². The standard InChI is InChI=1S/C25H36N8O4.ClH/c1-25(2,27)22(35)31-11-13-32(14-12-31)23(36)28-21-8-10-33(24(37)29-21)18-5-3-17(4-6-18)15-30-9-7-19(26)20(34)16-30;/h3-6,8,10,19-20,34H,7,9,11-16,26-27H2,1-2H3,(H,28,29,36,37);1H/t19-,20-;/m1./s1. The van der Waals surface area contributed by atoms with E-state index in [9.17, 15) is 19.5 Å². The van der Waals surface area contributed by atoms with Gasteiger partial charge < -0.3 is 26.4 Å². The molecule has 13 heteroatoms. The maximum atomic E-state index is 12.7. The number of urea groups is 1. The normalized spacial score (nSPS) is 20.6. The molecule has 2 aliphatic heterocycles. The van der Waals surface area contributed by atoms with Crippen LogP contribution in [0.5, 0.6) is 0 Å². The fraction of sp³-hybridized carbons (Fsp3) is 0.520. The fourth-order valence-electron chi connectivity index (χ4n) is 4.56. The van der Waals surface area contributed by atoms with Gasteiger partial charge in [0.05, 0.1) is 17.3 Å². The van der Waals surface area contributed by atoms with Crippen LogP contribution in [-0.4, -0.2) is 98.2 Å². The number of benzene rings is 1. The van der Waals surface area contributed by atoms with Crippen LogP contribution in [0.3, 0.4) is 0 Å². The zero-order valence-corrected chi connectivity index (χ0v) is 22.6. The molecule has 0 aliphatic carbocycles. The Kier molecular flexibility index (Phi) is 9.49. The molecule has 0 unspecified atom stereocenters. The Morgan fingerprint density at radius 1 is 1.08 bits per heavy atom. The van der Waals surface area contributed by atoms with Crippen LogP contribution in [0.25, 0.3) is 5.69 Å². The van der Waals surface area contributed by atoms with Crippen LogP contribution in [0, 0.1) is 0 Å². The third-order valence-electron chi connectivity index (χ3n) is 6.78. The molecule has 2 atom stereocenters. The van der Waals surface area contributed by atoms with Crippen LogP contribution in [-0.2, 0) is 11.3 Å². The summed E-state index contributed by atoms with van der Waals surface area (Å²) in [6.45, 7) is 6.89. The van der Waals surface area contributed by atoms with Gasteiger partial charge in [-0.05, 0) is 44.0 Å². The number of amides is 3. The van der Waals surface area contributed by atoms with E-state index in [2.05, 4.69) is 15.2 Å². The highest BCUT2D eigenvalue weighted by molar-refractivity contribution is 5.89. The Balaban J connectivity index is 0.00000400. The molecule has 1 aromatic carbocycles. The van der Waals surface area contributed by atoms with Crippen LogP contribution in [0.2, 0.25) is 0 Å². The van der Waals surface area contributed by atoms with E-state index in [4.69, 9.17) is 11.5 Å². The molecule has 0 radical (unpaired) electrons. The van der Waals surface area contributed by atoms with Gasteiger partial charge in [-0.2, -0.15) is 4.98 Å². The topological polar surface area (TPSA) is 163 Å². The molecule has 2 aromatic rings. The van der Waals surface area contributed by atoms with Gasteiger partial charge in [0, 0.05) is 58.1 Å². The van der Waals surface area contributed by atoms with Crippen molar-refractivity contribution in [2.75, 3.05) is 44.6 Å². The molecule has 2 aliphatic rings. The molecule has 4 rings (SSSR count). The minimum absolute atomic E-state index is 0. The van der Waals surface area contributed by atoms with Gasteiger partial charge in [0.1, 0.15) is 5.82 Å². The number of anilines is 1. The lowest BCUT2D eigenvalue weighted by Gasteiger charge is -2.37. The fourth-order valence-corrected chi connectivity index (χ4v) is 4.56. The Labute approximate surface area is 228 Å². The molecule has 0 spiro atoms. The Morgan fingerprint density at radius 2 is 1.71 bits per heavy atom. The molecule has 2 saturated heterocycles. The van der Waals surface area contributed by atoms with Crippen LogP contribution in [0.1, 0.15) is 25.8 Å². The monoisotopic (exact) mass is 548 g/mol. The van der Waals surface area contributed by atoms with Crippen LogP contribution in [0.4, 0.5) is 10.6 Å². The summed E-state index contributed by atoms with van der Waals surface area (Å²) in [4.78, 5) is 47.0. The molecule has 208 valence electrons. The Morgan fingerprint density at radius 3 is 2.29 bits per heavy atom. The number of hydrogen-bond donors (Lipinski definition) is 4. The van der Waals surface area contributed by atoms with Crippen molar-refractivity contribution in [3.8, 4) is 5.69 Å². The number of nitrogens with zero attached hydrogens (tertiary/aromatic N) is 5. The summed E-state index contributed by atoms with van der Waals surface area (Å²) in [7, 11) is 0. The lowest BCUT2D eigenvalue weighted by Crippen LogP contribution is -2.58. The number of rotatable bonds is 5. The predicted molar refractivity (Wildman–Crippen MR) is 146 cm³/mol. The molecule has 0 bridgehead atoms. The highest BCUT2D eigenvalue weighted by atomic mass is 35.5. The summed E-state index contributed by atoms with van der Waals surface area (Å²) in [6.07, 6.45) is 1.81. The van der Waals surface area contributed by atoms with E-state index in [0.29, 0.717) is 45.0 Å². The zero-order valence-electron chi connectivity index (χ0n) is 21.7. The Bertz CT molecular complexity index is 1180. The van der Waals surface area contributed by atoms with Gasteiger partial charge in [-0.25, -0.2) is 9.59 Å². The quantitative estimate of drug-likeness (QED) is 0.404. The van der Waals surface area contributed by atoms with Gasteiger partial charge in [0.2, 0.25) is 5.91 Å². The molecular formula is C25H37ClN8O4. The number of halogens is 1. The van der Waals surface area contributed by atoms with E-state index in [1.54, 1.807) is 35.9 Å². The zero-order chi connectivity index (χ0) is 26.7. The molecule has 38 heavy (non-hydrogen) atoms. The molecular weight excluding hydrogens is 512 g/mol. The summed E-state index contributed by atoms with van der Waals surface area (Å²) in [5, 5.41) is 12.7. The summed E-state index contributed by atoms with van der Waals surface area (Å²) in [6, 6.07) is 8.58. The Hall–Kier alpha value is -3.03. The summed E-state index contributed by atoms with van der Waals surface area (Å²) >= 11 is 0. The molecule has 3 heterocycles. The third kappa shape index (κ3) is 7.08. The van der Waals surface area contributed by atoms with Crippen molar-refractivity contribution in [1.29, 1.82) is 0 Å². The minimum atomic E-state index is -0.954. The SMILES string of the molecule is CC(C)(N)C(=O)N1CCN(C(=O)Nc2ccn(-c3ccc(CN4CC[C@@H](N)[C@H](O)C4)cc3)c(=O)n2)CC1.Cl. The number of hydrogen-bond acceptors (Lipinski definition) is 8. The lowest BCUT2D eigenvalue weighted by atomic mass is 10.0. The smallest absolute Gasteiger partial charge is 0.354 e. The second-order valence-electron chi connectivity index (χ2n) is 10.3. The number of likely N-dealkylation sites (tertiary alicyclic amines) is 1. The van der Waals surface area contributed by atoms with Crippen molar-refractivity contribution in [3.05, 3.63) is 52.6 Å². The van der Waals surface area contributed by atoms with E-state index in [1.807, 2.05) is 24.3 Å². The van der Waals surface area contributed by atoms with Gasteiger partial charge in [0.15, 0.2) is 0 Å². The van der Waals surface area contributed by atoms with E-state index in [1.165, 1.54) is 4.57 Å². The summed E-state index contributed by atoms with van der Waals surface area (Å²) in [5.41, 5.74) is 12.0. The van der Waals surface area contributed by atoms with Crippen LogP contribution >= 0.6 is 12.4 Å².